The molecular formula is C6H3FN2O3. The Morgan fingerprint density at radius 3 is 2.75 bits per heavy atom. The summed E-state index contributed by atoms with van der Waals surface area (Å²) in [6.07, 6.45) is 0.246. The second kappa shape index (κ2) is 3.04. The molecule has 1 aromatic rings. The first-order chi connectivity index (χ1) is 5.63. The average Bonchev–Trinajstić information content (AvgIpc) is 2.03. The highest BCUT2D eigenvalue weighted by Gasteiger charge is 2.12. The lowest BCUT2D eigenvalue weighted by Crippen LogP contribution is -1.96. The summed E-state index contributed by atoms with van der Waals surface area (Å²) in [7, 11) is 0. The predicted molar refractivity (Wildman–Crippen MR) is 36.2 cm³/mol. The van der Waals surface area contributed by atoms with Gasteiger partial charge >= 0.3 is 5.82 Å². The van der Waals surface area contributed by atoms with Crippen molar-refractivity contribution in [2.24, 2.45) is 0 Å². The molecular weight excluding hydrogens is 167 g/mol. The van der Waals surface area contributed by atoms with E-state index in [1.165, 1.54) is 0 Å². The number of pyridine rings is 1. The smallest absolute Gasteiger partial charge is 0.358 e. The van der Waals surface area contributed by atoms with Gasteiger partial charge < -0.3 is 10.1 Å². The first-order valence-corrected chi connectivity index (χ1v) is 2.90. The van der Waals surface area contributed by atoms with Crippen LogP contribution in [-0.2, 0) is 0 Å². The standard InChI is InChI=1S/C6H3FN2O3/c7-4-1-5(3-10)8-6(2-4)9(11)12/h1-3H. The number of halogens is 1. The molecule has 0 atom stereocenters. The Balaban J connectivity index is 3.23. The van der Waals surface area contributed by atoms with E-state index in [9.17, 15) is 19.3 Å². The molecule has 0 N–H and O–H groups in total. The van der Waals surface area contributed by atoms with Crippen LogP contribution in [0.3, 0.4) is 0 Å². The van der Waals surface area contributed by atoms with Gasteiger partial charge in [0.1, 0.15) is 5.82 Å². The van der Waals surface area contributed by atoms with Crippen molar-refractivity contribution in [2.45, 2.75) is 0 Å². The summed E-state index contributed by atoms with van der Waals surface area (Å²) < 4.78 is 12.5. The zero-order valence-electron chi connectivity index (χ0n) is 5.73. The highest BCUT2D eigenvalue weighted by Crippen LogP contribution is 2.09. The molecule has 0 aliphatic heterocycles. The summed E-state index contributed by atoms with van der Waals surface area (Å²) in [4.78, 5) is 22.5. The van der Waals surface area contributed by atoms with Crippen LogP contribution in [0.1, 0.15) is 10.5 Å². The molecule has 0 amide bonds. The van der Waals surface area contributed by atoms with Gasteiger partial charge in [-0.2, -0.15) is 0 Å². The molecule has 0 saturated carbocycles. The Bertz CT molecular complexity index is 340. The van der Waals surface area contributed by atoms with E-state index in [2.05, 4.69) is 4.98 Å². The minimum absolute atomic E-state index is 0.246. The Kier molecular flexibility index (Phi) is 2.09. The molecule has 0 aliphatic carbocycles. The number of carbonyl (C=O) groups is 1. The molecule has 1 aromatic heterocycles. The number of hydrogen-bond donors (Lipinski definition) is 0. The van der Waals surface area contributed by atoms with Crippen molar-refractivity contribution in [1.29, 1.82) is 0 Å². The number of carbonyl (C=O) groups excluding carboxylic acids is 1. The van der Waals surface area contributed by atoms with Crippen molar-refractivity contribution in [2.75, 3.05) is 0 Å². The van der Waals surface area contributed by atoms with Crippen LogP contribution < -0.4 is 0 Å². The number of nitro groups is 1. The van der Waals surface area contributed by atoms with Crippen LogP contribution in [0.5, 0.6) is 0 Å². The fourth-order valence-corrected chi connectivity index (χ4v) is 0.657. The van der Waals surface area contributed by atoms with E-state index >= 15 is 0 Å². The van der Waals surface area contributed by atoms with Gasteiger partial charge in [-0.25, -0.2) is 4.39 Å². The fraction of sp³-hybridized carbons (Fsp3) is 0. The van der Waals surface area contributed by atoms with Crippen LogP contribution in [0.4, 0.5) is 10.2 Å². The van der Waals surface area contributed by atoms with Gasteiger partial charge in [-0.1, -0.05) is 0 Å². The molecule has 0 spiro atoms. The van der Waals surface area contributed by atoms with E-state index in [1.54, 1.807) is 0 Å². The Labute approximate surface area is 66.0 Å². The molecule has 6 heteroatoms. The normalized spacial score (nSPS) is 9.42. The number of aldehydes is 1. The Morgan fingerprint density at radius 2 is 2.25 bits per heavy atom. The maximum atomic E-state index is 12.5. The van der Waals surface area contributed by atoms with Gasteiger partial charge in [0.05, 0.1) is 6.07 Å². The largest absolute Gasteiger partial charge is 0.367 e. The molecule has 62 valence electrons. The molecule has 0 unspecified atom stereocenters. The monoisotopic (exact) mass is 170 g/mol. The molecule has 0 radical (unpaired) electrons. The van der Waals surface area contributed by atoms with Crippen molar-refractivity contribution in [3.63, 3.8) is 0 Å². The second-order valence-corrected chi connectivity index (χ2v) is 1.94. The van der Waals surface area contributed by atoms with Crippen molar-refractivity contribution in [3.05, 3.63) is 33.8 Å². The van der Waals surface area contributed by atoms with E-state index in [-0.39, 0.29) is 12.0 Å². The third-order valence-corrected chi connectivity index (χ3v) is 1.10. The van der Waals surface area contributed by atoms with Gasteiger partial charge in [-0.3, -0.25) is 4.79 Å². The van der Waals surface area contributed by atoms with Crippen LogP contribution in [0, 0.1) is 15.9 Å². The van der Waals surface area contributed by atoms with Crippen molar-refractivity contribution < 1.29 is 14.1 Å². The lowest BCUT2D eigenvalue weighted by atomic mass is 10.3. The molecule has 1 rings (SSSR count). The SMILES string of the molecule is O=Cc1cc(F)cc([N+](=O)[O-])n1. The Hall–Kier alpha value is -1.85. The lowest BCUT2D eigenvalue weighted by Gasteiger charge is -1.91. The zero-order valence-corrected chi connectivity index (χ0v) is 5.73. The first kappa shape index (κ1) is 8.25. The summed E-state index contributed by atoms with van der Waals surface area (Å²) in [5.74, 6) is -1.52. The third kappa shape index (κ3) is 1.60. The summed E-state index contributed by atoms with van der Waals surface area (Å²) >= 11 is 0. The van der Waals surface area contributed by atoms with Crippen LogP contribution >= 0.6 is 0 Å². The molecule has 0 fully saturated rings. The fourth-order valence-electron chi connectivity index (χ4n) is 0.657. The van der Waals surface area contributed by atoms with Crippen LogP contribution in [0.25, 0.3) is 0 Å². The highest BCUT2D eigenvalue weighted by molar-refractivity contribution is 5.72. The Morgan fingerprint density at radius 1 is 1.58 bits per heavy atom. The predicted octanol–water partition coefficient (Wildman–Crippen LogP) is 0.941. The van der Waals surface area contributed by atoms with E-state index in [1.807, 2.05) is 0 Å². The van der Waals surface area contributed by atoms with Gasteiger partial charge in [0, 0.05) is 6.07 Å². The van der Waals surface area contributed by atoms with E-state index < -0.39 is 16.6 Å². The number of rotatable bonds is 2. The average molecular weight is 170 g/mol. The van der Waals surface area contributed by atoms with Crippen molar-refractivity contribution in [3.8, 4) is 0 Å². The molecule has 0 aromatic carbocycles. The second-order valence-electron chi connectivity index (χ2n) is 1.94. The van der Waals surface area contributed by atoms with Crippen molar-refractivity contribution >= 4 is 12.1 Å². The quantitative estimate of drug-likeness (QED) is 0.376. The molecule has 0 aliphatic rings. The molecule has 12 heavy (non-hydrogen) atoms. The molecule has 1 heterocycles. The number of aromatic nitrogens is 1. The van der Waals surface area contributed by atoms with E-state index in [0.29, 0.717) is 6.07 Å². The number of hydrogen-bond acceptors (Lipinski definition) is 4. The summed E-state index contributed by atoms with van der Waals surface area (Å²) in [6, 6.07) is 1.47. The van der Waals surface area contributed by atoms with E-state index in [0.717, 1.165) is 6.07 Å². The molecule has 5 nitrogen and oxygen atoms in total. The van der Waals surface area contributed by atoms with Gasteiger partial charge in [-0.05, 0) is 9.91 Å². The van der Waals surface area contributed by atoms with Crippen LogP contribution in [0.15, 0.2) is 12.1 Å². The van der Waals surface area contributed by atoms with Crippen LogP contribution in [-0.4, -0.2) is 16.2 Å². The first-order valence-electron chi connectivity index (χ1n) is 2.90. The van der Waals surface area contributed by atoms with E-state index in [4.69, 9.17) is 0 Å². The number of nitrogens with zero attached hydrogens (tertiary/aromatic N) is 2. The summed E-state index contributed by atoms with van der Waals surface area (Å²) in [5.41, 5.74) is -0.290. The van der Waals surface area contributed by atoms with Crippen molar-refractivity contribution in [1.82, 2.24) is 4.98 Å². The van der Waals surface area contributed by atoms with Gasteiger partial charge in [0.2, 0.25) is 5.69 Å². The molecule has 0 saturated heterocycles. The summed E-state index contributed by atoms with van der Waals surface area (Å²) in [5, 5.41) is 10.1. The molecule has 0 bridgehead atoms. The highest BCUT2D eigenvalue weighted by atomic mass is 19.1. The van der Waals surface area contributed by atoms with Crippen LogP contribution in [0.2, 0.25) is 0 Å². The minimum atomic E-state index is -0.865. The lowest BCUT2D eigenvalue weighted by molar-refractivity contribution is -0.389. The van der Waals surface area contributed by atoms with Gasteiger partial charge in [0.15, 0.2) is 6.29 Å². The maximum absolute atomic E-state index is 12.5. The van der Waals surface area contributed by atoms with Gasteiger partial charge in [-0.15, -0.1) is 0 Å². The maximum Gasteiger partial charge on any atom is 0.367 e. The topological polar surface area (TPSA) is 73.1 Å². The van der Waals surface area contributed by atoms with Gasteiger partial charge in [0.25, 0.3) is 0 Å². The summed E-state index contributed by atoms with van der Waals surface area (Å²) in [6.45, 7) is 0. The third-order valence-electron chi connectivity index (χ3n) is 1.10. The zero-order chi connectivity index (χ0) is 9.14. The minimum Gasteiger partial charge on any atom is -0.358 e.